The Morgan fingerprint density at radius 3 is 2.94 bits per heavy atom. The van der Waals surface area contributed by atoms with Crippen LogP contribution < -0.4 is 10.6 Å². The van der Waals surface area contributed by atoms with Crippen LogP contribution in [0.2, 0.25) is 0 Å². The molecular formula is C13H21N3O2. The van der Waals surface area contributed by atoms with Crippen LogP contribution in [0.5, 0.6) is 0 Å². The summed E-state index contributed by atoms with van der Waals surface area (Å²) >= 11 is 0. The van der Waals surface area contributed by atoms with Crippen LogP contribution >= 0.6 is 0 Å². The highest BCUT2D eigenvalue weighted by Crippen LogP contribution is 2.04. The first-order valence-electron chi connectivity index (χ1n) is 6.22. The highest BCUT2D eigenvalue weighted by Gasteiger charge is 2.08. The van der Waals surface area contributed by atoms with Crippen molar-refractivity contribution in [3.8, 4) is 0 Å². The maximum Gasteiger partial charge on any atom is 0.315 e. The minimum atomic E-state index is -0.234. The third-order valence-electron chi connectivity index (χ3n) is 2.86. The average molecular weight is 251 g/mol. The van der Waals surface area contributed by atoms with Gasteiger partial charge in [-0.2, -0.15) is 0 Å². The number of aliphatic hydroxyl groups is 1. The van der Waals surface area contributed by atoms with Crippen LogP contribution in [0.25, 0.3) is 0 Å². The average Bonchev–Trinajstić information content (AvgIpc) is 2.38. The van der Waals surface area contributed by atoms with Gasteiger partial charge in [-0.05, 0) is 37.0 Å². The number of nitrogens with one attached hydrogen (secondary N) is 2. The molecule has 1 heterocycles. The van der Waals surface area contributed by atoms with Crippen molar-refractivity contribution in [1.29, 1.82) is 0 Å². The monoisotopic (exact) mass is 251 g/mol. The summed E-state index contributed by atoms with van der Waals surface area (Å²) in [6, 6.07) is 1.55. The van der Waals surface area contributed by atoms with Gasteiger partial charge in [-0.15, -0.1) is 0 Å². The lowest BCUT2D eigenvalue weighted by Gasteiger charge is -2.14. The Bertz CT molecular complexity index is 378. The Balaban J connectivity index is 2.29. The predicted octanol–water partition coefficient (Wildman–Crippen LogP) is 1.00. The molecule has 0 spiro atoms. The minimum absolute atomic E-state index is 0.0343. The number of hydrogen-bond acceptors (Lipinski definition) is 3. The van der Waals surface area contributed by atoms with E-state index in [-0.39, 0.29) is 18.7 Å². The van der Waals surface area contributed by atoms with E-state index < -0.39 is 0 Å². The summed E-state index contributed by atoms with van der Waals surface area (Å²) < 4.78 is 0. The predicted molar refractivity (Wildman–Crippen MR) is 70.4 cm³/mol. The molecule has 1 atom stereocenters. The number of carbonyl (C=O) groups is 1. The second-order valence-electron chi connectivity index (χ2n) is 4.24. The van der Waals surface area contributed by atoms with Gasteiger partial charge in [-0.1, -0.05) is 6.92 Å². The molecule has 1 rings (SSSR count). The molecule has 0 aliphatic heterocycles. The minimum Gasteiger partial charge on any atom is -0.394 e. The molecule has 0 aliphatic carbocycles. The Morgan fingerprint density at radius 1 is 1.56 bits per heavy atom. The molecule has 0 fully saturated rings. The van der Waals surface area contributed by atoms with Crippen molar-refractivity contribution in [3.63, 3.8) is 0 Å². The maximum atomic E-state index is 11.5. The van der Waals surface area contributed by atoms with Crippen LogP contribution in [0.15, 0.2) is 18.5 Å². The summed E-state index contributed by atoms with van der Waals surface area (Å²) in [6.07, 6.45) is 5.06. The van der Waals surface area contributed by atoms with E-state index in [1.807, 2.05) is 26.1 Å². The summed E-state index contributed by atoms with van der Waals surface area (Å²) in [6.45, 7) is 4.45. The van der Waals surface area contributed by atoms with Crippen LogP contribution in [0.3, 0.4) is 0 Å². The smallest absolute Gasteiger partial charge is 0.315 e. The van der Waals surface area contributed by atoms with Gasteiger partial charge in [0.1, 0.15) is 0 Å². The topological polar surface area (TPSA) is 74.2 Å². The number of aliphatic hydroxyl groups excluding tert-OH is 1. The number of nitrogens with zero attached hydrogens (tertiary/aromatic N) is 1. The fourth-order valence-corrected chi connectivity index (χ4v) is 1.61. The summed E-state index contributed by atoms with van der Waals surface area (Å²) in [5.74, 6) is 0. The molecule has 0 saturated heterocycles. The number of hydrogen-bond donors (Lipinski definition) is 3. The first-order valence-corrected chi connectivity index (χ1v) is 6.22. The molecule has 0 aliphatic rings. The largest absolute Gasteiger partial charge is 0.394 e. The Labute approximate surface area is 108 Å². The van der Waals surface area contributed by atoms with Gasteiger partial charge in [0.25, 0.3) is 0 Å². The van der Waals surface area contributed by atoms with Crippen molar-refractivity contribution >= 4 is 6.03 Å². The molecule has 0 radical (unpaired) electrons. The van der Waals surface area contributed by atoms with Crippen LogP contribution in [0, 0.1) is 6.92 Å². The van der Waals surface area contributed by atoms with Gasteiger partial charge in [0.2, 0.25) is 0 Å². The normalized spacial score (nSPS) is 11.9. The van der Waals surface area contributed by atoms with E-state index in [4.69, 9.17) is 5.11 Å². The lowest BCUT2D eigenvalue weighted by atomic mass is 10.1. The molecule has 5 heteroatoms. The fraction of sp³-hybridized carbons (Fsp3) is 0.538. The molecule has 100 valence electrons. The van der Waals surface area contributed by atoms with Crippen LogP contribution in [0.1, 0.15) is 24.5 Å². The molecule has 1 aromatic heterocycles. The van der Waals surface area contributed by atoms with Crippen molar-refractivity contribution in [1.82, 2.24) is 15.6 Å². The SMILES string of the molecule is CCC(CO)NC(=O)NCCc1ccncc1C. The van der Waals surface area contributed by atoms with Crippen molar-refractivity contribution in [2.75, 3.05) is 13.2 Å². The standard InChI is InChI=1S/C13H21N3O2/c1-3-12(9-17)16-13(18)15-7-5-11-4-6-14-8-10(11)2/h4,6,8,12,17H,3,5,7,9H2,1-2H3,(H2,15,16,18). The van der Waals surface area contributed by atoms with Crippen molar-refractivity contribution in [2.24, 2.45) is 0 Å². The van der Waals surface area contributed by atoms with Gasteiger partial charge in [0.15, 0.2) is 0 Å². The molecule has 1 aromatic rings. The van der Waals surface area contributed by atoms with Crippen LogP contribution in [-0.2, 0) is 6.42 Å². The number of urea groups is 1. The summed E-state index contributed by atoms with van der Waals surface area (Å²) in [7, 11) is 0. The number of carbonyl (C=O) groups excluding carboxylic acids is 1. The third kappa shape index (κ3) is 4.71. The molecule has 1 unspecified atom stereocenters. The van der Waals surface area contributed by atoms with E-state index in [2.05, 4.69) is 15.6 Å². The first kappa shape index (κ1) is 14.4. The van der Waals surface area contributed by atoms with Crippen molar-refractivity contribution < 1.29 is 9.90 Å². The van der Waals surface area contributed by atoms with E-state index in [1.54, 1.807) is 6.20 Å². The van der Waals surface area contributed by atoms with Crippen molar-refractivity contribution in [2.45, 2.75) is 32.7 Å². The molecule has 2 amide bonds. The van der Waals surface area contributed by atoms with Gasteiger partial charge in [-0.3, -0.25) is 4.98 Å². The lowest BCUT2D eigenvalue weighted by molar-refractivity contribution is 0.214. The second-order valence-corrected chi connectivity index (χ2v) is 4.24. The lowest BCUT2D eigenvalue weighted by Crippen LogP contribution is -2.44. The number of rotatable bonds is 6. The van der Waals surface area contributed by atoms with E-state index in [1.165, 1.54) is 5.56 Å². The van der Waals surface area contributed by atoms with Gasteiger partial charge >= 0.3 is 6.03 Å². The van der Waals surface area contributed by atoms with Crippen LogP contribution in [0.4, 0.5) is 4.79 Å². The van der Waals surface area contributed by atoms with Crippen LogP contribution in [-0.4, -0.2) is 35.3 Å². The van der Waals surface area contributed by atoms with Gasteiger partial charge in [0, 0.05) is 18.9 Å². The number of pyridine rings is 1. The zero-order chi connectivity index (χ0) is 13.4. The number of amides is 2. The van der Waals surface area contributed by atoms with E-state index in [9.17, 15) is 4.79 Å². The Morgan fingerprint density at radius 2 is 2.33 bits per heavy atom. The maximum absolute atomic E-state index is 11.5. The van der Waals surface area contributed by atoms with E-state index in [0.717, 1.165) is 12.0 Å². The van der Waals surface area contributed by atoms with Gasteiger partial charge < -0.3 is 15.7 Å². The molecular weight excluding hydrogens is 230 g/mol. The molecule has 5 nitrogen and oxygen atoms in total. The quantitative estimate of drug-likeness (QED) is 0.706. The zero-order valence-corrected chi connectivity index (χ0v) is 10.9. The zero-order valence-electron chi connectivity index (χ0n) is 10.9. The highest BCUT2D eigenvalue weighted by molar-refractivity contribution is 5.74. The fourth-order valence-electron chi connectivity index (χ4n) is 1.61. The molecule has 18 heavy (non-hydrogen) atoms. The van der Waals surface area contributed by atoms with E-state index >= 15 is 0 Å². The molecule has 0 saturated carbocycles. The molecule has 3 N–H and O–H groups in total. The van der Waals surface area contributed by atoms with Crippen molar-refractivity contribution in [3.05, 3.63) is 29.6 Å². The molecule has 0 bridgehead atoms. The highest BCUT2D eigenvalue weighted by atomic mass is 16.3. The summed E-state index contributed by atoms with van der Waals surface area (Å²) in [4.78, 5) is 15.5. The van der Waals surface area contributed by atoms with E-state index in [0.29, 0.717) is 13.0 Å². The number of aromatic nitrogens is 1. The molecule has 0 aromatic carbocycles. The van der Waals surface area contributed by atoms with Gasteiger partial charge in [0.05, 0.1) is 12.6 Å². The Kier molecular flexibility index (Phi) is 6.14. The third-order valence-corrected chi connectivity index (χ3v) is 2.86. The Hall–Kier alpha value is -1.62. The number of aryl methyl sites for hydroxylation is 1. The van der Waals surface area contributed by atoms with Gasteiger partial charge in [-0.25, -0.2) is 4.79 Å². The first-order chi connectivity index (χ1) is 8.67. The second kappa shape index (κ2) is 7.66. The summed E-state index contributed by atoms with van der Waals surface area (Å²) in [5, 5.41) is 14.4. The summed E-state index contributed by atoms with van der Waals surface area (Å²) in [5.41, 5.74) is 2.31.